The highest BCUT2D eigenvalue weighted by atomic mass is 19.2. The Morgan fingerprint density at radius 2 is 2.24 bits per heavy atom. The van der Waals surface area contributed by atoms with Crippen molar-refractivity contribution in [3.05, 3.63) is 41.2 Å². The van der Waals surface area contributed by atoms with Crippen molar-refractivity contribution in [3.63, 3.8) is 0 Å². The van der Waals surface area contributed by atoms with Crippen LogP contribution in [0.15, 0.2) is 18.3 Å². The molecule has 2 aliphatic heterocycles. The molecule has 2 aromatic rings. The van der Waals surface area contributed by atoms with Gasteiger partial charge in [-0.3, -0.25) is 4.79 Å². The van der Waals surface area contributed by atoms with E-state index in [-0.39, 0.29) is 24.4 Å². The van der Waals surface area contributed by atoms with Crippen molar-refractivity contribution < 1.29 is 23.0 Å². The molecule has 7 nitrogen and oxygen atoms in total. The molecule has 9 heteroatoms. The van der Waals surface area contributed by atoms with Crippen molar-refractivity contribution >= 4 is 5.91 Å². The van der Waals surface area contributed by atoms with Gasteiger partial charge in [0.15, 0.2) is 11.6 Å². The number of rotatable bonds is 2. The van der Waals surface area contributed by atoms with Crippen LogP contribution in [-0.2, 0) is 11.3 Å². The molecule has 0 saturated carbocycles. The van der Waals surface area contributed by atoms with E-state index in [2.05, 4.69) is 10.3 Å². The van der Waals surface area contributed by atoms with Gasteiger partial charge in [0.2, 0.25) is 0 Å². The molecule has 1 amide bonds. The summed E-state index contributed by atoms with van der Waals surface area (Å²) in [4.78, 5) is 14.2. The van der Waals surface area contributed by atoms with E-state index in [0.29, 0.717) is 19.6 Å². The van der Waals surface area contributed by atoms with Gasteiger partial charge in [-0.2, -0.15) is 0 Å². The normalized spacial score (nSPS) is 22.3. The molecule has 1 aromatic carbocycles. The fraction of sp³-hybridized carbons (Fsp3) is 0.438. The lowest BCUT2D eigenvalue weighted by Gasteiger charge is -2.41. The van der Waals surface area contributed by atoms with Gasteiger partial charge in [0.1, 0.15) is 11.3 Å². The number of nitrogens with zero attached hydrogens (tertiary/aromatic N) is 4. The van der Waals surface area contributed by atoms with E-state index in [1.807, 2.05) is 4.68 Å². The zero-order chi connectivity index (χ0) is 17.6. The first-order chi connectivity index (χ1) is 12.1. The third-order valence-electron chi connectivity index (χ3n) is 4.71. The van der Waals surface area contributed by atoms with Crippen LogP contribution in [0.5, 0.6) is 5.75 Å². The van der Waals surface area contributed by atoms with Crippen molar-refractivity contribution in [1.29, 1.82) is 0 Å². The van der Waals surface area contributed by atoms with E-state index in [1.54, 1.807) is 6.20 Å². The second-order valence-corrected chi connectivity index (χ2v) is 6.07. The number of hydrogen-bond donors (Lipinski definition) is 0. The van der Waals surface area contributed by atoms with Gasteiger partial charge in [0.05, 0.1) is 37.8 Å². The number of halogens is 2. The van der Waals surface area contributed by atoms with Crippen molar-refractivity contribution in [2.75, 3.05) is 20.2 Å². The Bertz CT molecular complexity index is 826. The Hall–Kier alpha value is -2.55. The monoisotopic (exact) mass is 350 g/mol. The molecule has 1 fully saturated rings. The molecule has 25 heavy (non-hydrogen) atoms. The van der Waals surface area contributed by atoms with Crippen LogP contribution in [0.25, 0.3) is 0 Å². The molecule has 1 aromatic heterocycles. The summed E-state index contributed by atoms with van der Waals surface area (Å²) in [5, 5.41) is 7.96. The van der Waals surface area contributed by atoms with E-state index in [0.717, 1.165) is 11.8 Å². The molecular formula is C16H16F2N4O3. The average molecular weight is 350 g/mol. The number of carbonyl (C=O) groups is 1. The smallest absolute Gasteiger partial charge is 0.260 e. The van der Waals surface area contributed by atoms with E-state index in [4.69, 9.17) is 9.47 Å². The summed E-state index contributed by atoms with van der Waals surface area (Å²) in [7, 11) is 1.31. The molecular weight excluding hydrogens is 334 g/mol. The predicted octanol–water partition coefficient (Wildman–Crippen LogP) is 1.55. The number of aromatic nitrogens is 3. The maximum Gasteiger partial charge on any atom is 0.260 e. The van der Waals surface area contributed by atoms with Crippen LogP contribution in [0, 0.1) is 11.6 Å². The predicted molar refractivity (Wildman–Crippen MR) is 81.1 cm³/mol. The lowest BCUT2D eigenvalue weighted by molar-refractivity contribution is -0.0628. The molecule has 0 aliphatic carbocycles. The molecule has 4 rings (SSSR count). The minimum Gasteiger partial charge on any atom is -0.496 e. The zero-order valence-corrected chi connectivity index (χ0v) is 13.5. The van der Waals surface area contributed by atoms with Crippen LogP contribution in [0.3, 0.4) is 0 Å². The number of likely N-dealkylation sites (tertiary alicyclic amines) is 1. The van der Waals surface area contributed by atoms with Gasteiger partial charge in [-0.05, 0) is 18.6 Å². The van der Waals surface area contributed by atoms with Gasteiger partial charge in [-0.1, -0.05) is 5.21 Å². The number of amides is 1. The van der Waals surface area contributed by atoms with E-state index >= 15 is 0 Å². The second kappa shape index (κ2) is 6.07. The fourth-order valence-corrected chi connectivity index (χ4v) is 3.43. The Morgan fingerprint density at radius 3 is 3.04 bits per heavy atom. The van der Waals surface area contributed by atoms with Crippen molar-refractivity contribution in [2.45, 2.75) is 25.2 Å². The van der Waals surface area contributed by atoms with Crippen LogP contribution in [-0.4, -0.2) is 52.1 Å². The number of ether oxygens (including phenoxy) is 2. The summed E-state index contributed by atoms with van der Waals surface area (Å²) in [5.74, 6) is -2.88. The number of fused-ring (bicyclic) bond motifs is 3. The molecule has 0 N–H and O–H groups in total. The van der Waals surface area contributed by atoms with E-state index < -0.39 is 23.1 Å². The third-order valence-corrected chi connectivity index (χ3v) is 4.71. The standard InChI is InChI=1S/C16H16F2N4O3/c1-24-12-3-2-10(17)15(18)14(12)16(23)21-5-4-11-13(7-21)25-8-9-6-19-20-22(9)11/h2-3,6,11,13H,4-5,7-8H2,1H3/t11-,13-/m0/s1. The highest BCUT2D eigenvalue weighted by molar-refractivity contribution is 5.97. The number of methoxy groups -OCH3 is 1. The topological polar surface area (TPSA) is 69.5 Å². The highest BCUT2D eigenvalue weighted by Crippen LogP contribution is 2.32. The number of piperidine rings is 1. The summed E-state index contributed by atoms with van der Waals surface area (Å²) in [5.41, 5.74) is 0.497. The van der Waals surface area contributed by atoms with Gasteiger partial charge in [-0.25, -0.2) is 13.5 Å². The maximum absolute atomic E-state index is 14.2. The summed E-state index contributed by atoms with van der Waals surface area (Å²) in [6.07, 6.45) is 1.97. The molecule has 132 valence electrons. The van der Waals surface area contributed by atoms with Crippen LogP contribution in [0.4, 0.5) is 8.78 Å². The molecule has 2 aliphatic rings. The minimum atomic E-state index is -1.20. The summed E-state index contributed by atoms with van der Waals surface area (Å²) in [6.45, 7) is 0.998. The molecule has 0 spiro atoms. The molecule has 2 atom stereocenters. The molecule has 0 bridgehead atoms. The summed E-state index contributed by atoms with van der Waals surface area (Å²) < 4.78 is 40.4. The average Bonchev–Trinajstić information content (AvgIpc) is 3.12. The van der Waals surface area contributed by atoms with E-state index in [1.165, 1.54) is 18.1 Å². The van der Waals surface area contributed by atoms with Crippen LogP contribution >= 0.6 is 0 Å². The zero-order valence-electron chi connectivity index (χ0n) is 13.5. The van der Waals surface area contributed by atoms with Gasteiger partial charge in [-0.15, -0.1) is 5.10 Å². The van der Waals surface area contributed by atoms with Crippen molar-refractivity contribution in [3.8, 4) is 5.75 Å². The van der Waals surface area contributed by atoms with Crippen LogP contribution < -0.4 is 4.74 Å². The number of carbonyl (C=O) groups excluding carboxylic acids is 1. The largest absolute Gasteiger partial charge is 0.496 e. The summed E-state index contributed by atoms with van der Waals surface area (Å²) >= 11 is 0. The number of benzene rings is 1. The second-order valence-electron chi connectivity index (χ2n) is 6.07. The quantitative estimate of drug-likeness (QED) is 0.822. The Labute approximate surface area is 142 Å². The Morgan fingerprint density at radius 1 is 1.40 bits per heavy atom. The highest BCUT2D eigenvalue weighted by Gasteiger charge is 2.39. The molecule has 1 saturated heterocycles. The van der Waals surface area contributed by atoms with E-state index in [9.17, 15) is 13.6 Å². The minimum absolute atomic E-state index is 0.00847. The first-order valence-electron chi connectivity index (χ1n) is 7.92. The first kappa shape index (κ1) is 15.9. The number of hydrogen-bond acceptors (Lipinski definition) is 5. The maximum atomic E-state index is 14.2. The van der Waals surface area contributed by atoms with Crippen molar-refractivity contribution in [1.82, 2.24) is 19.9 Å². The molecule has 3 heterocycles. The van der Waals surface area contributed by atoms with Crippen LogP contribution in [0.2, 0.25) is 0 Å². The lowest BCUT2D eigenvalue weighted by Crippen LogP contribution is -2.50. The van der Waals surface area contributed by atoms with Gasteiger partial charge in [0, 0.05) is 13.1 Å². The Balaban J connectivity index is 1.59. The third kappa shape index (κ3) is 2.55. The summed E-state index contributed by atoms with van der Waals surface area (Å²) in [6, 6.07) is 2.17. The van der Waals surface area contributed by atoms with Gasteiger partial charge >= 0.3 is 0 Å². The molecule has 0 unspecified atom stereocenters. The fourth-order valence-electron chi connectivity index (χ4n) is 3.43. The van der Waals surface area contributed by atoms with Crippen LogP contribution in [0.1, 0.15) is 28.5 Å². The van der Waals surface area contributed by atoms with Gasteiger partial charge in [0.25, 0.3) is 5.91 Å². The first-order valence-corrected chi connectivity index (χ1v) is 7.92. The molecule has 0 radical (unpaired) electrons. The van der Waals surface area contributed by atoms with Crippen molar-refractivity contribution in [2.24, 2.45) is 0 Å². The lowest BCUT2D eigenvalue weighted by atomic mass is 9.99. The van der Waals surface area contributed by atoms with Gasteiger partial charge < -0.3 is 14.4 Å². The Kier molecular flexibility index (Phi) is 3.87. The SMILES string of the molecule is COc1ccc(F)c(F)c1C(=O)N1CC[C@H]2[C@H](C1)OCc1cnnn12.